The third-order valence-electron chi connectivity index (χ3n) is 3.51. The number of carbonyl (C=O) groups is 1. The molecule has 0 aliphatic rings. The molecule has 23 heavy (non-hydrogen) atoms. The Kier molecular flexibility index (Phi) is 6.41. The van der Waals surface area contributed by atoms with Crippen molar-refractivity contribution < 1.29 is 4.79 Å². The number of rotatable bonds is 7. The fraction of sp³-hybridized carbons (Fsp3) is 0.438. The van der Waals surface area contributed by atoms with E-state index in [-0.39, 0.29) is 11.9 Å². The fourth-order valence-corrected chi connectivity index (χ4v) is 3.39. The molecular formula is C16H22N4OS2. The van der Waals surface area contributed by atoms with Crippen LogP contribution < -0.4 is 10.6 Å². The number of aryl methyl sites for hydroxylation is 2. The lowest BCUT2D eigenvalue weighted by atomic mass is 10.1. The number of amides is 1. The van der Waals surface area contributed by atoms with E-state index in [2.05, 4.69) is 46.8 Å². The first-order valence-corrected chi connectivity index (χ1v) is 9.38. The monoisotopic (exact) mass is 350 g/mol. The largest absolute Gasteiger partial charge is 0.353 e. The molecule has 2 N–H and O–H groups in total. The molecule has 124 valence electrons. The zero-order valence-corrected chi connectivity index (χ0v) is 15.5. The molecule has 1 amide bonds. The molecule has 0 saturated heterocycles. The van der Waals surface area contributed by atoms with Crippen LogP contribution in [0.25, 0.3) is 0 Å². The first kappa shape index (κ1) is 17.7. The number of nitrogens with one attached hydrogen (secondary N) is 2. The first-order chi connectivity index (χ1) is 11.0. The summed E-state index contributed by atoms with van der Waals surface area (Å²) in [6, 6.07) is 6.40. The van der Waals surface area contributed by atoms with Gasteiger partial charge in [0, 0.05) is 11.7 Å². The van der Waals surface area contributed by atoms with Gasteiger partial charge in [-0.1, -0.05) is 36.1 Å². The van der Waals surface area contributed by atoms with E-state index in [0.29, 0.717) is 5.75 Å². The van der Waals surface area contributed by atoms with Gasteiger partial charge in [-0.15, -0.1) is 10.2 Å². The fourth-order valence-electron chi connectivity index (χ4n) is 1.81. The Morgan fingerprint density at radius 3 is 2.78 bits per heavy atom. The van der Waals surface area contributed by atoms with Crippen molar-refractivity contribution in [3.63, 3.8) is 0 Å². The SMILES string of the molecule is CC[C@@H](C)NC(=O)CSc1nnc(Nc2ccc(C)c(C)c2)s1. The minimum atomic E-state index is 0.0308. The van der Waals surface area contributed by atoms with Crippen molar-refractivity contribution >= 4 is 39.8 Å². The van der Waals surface area contributed by atoms with E-state index < -0.39 is 0 Å². The van der Waals surface area contributed by atoms with Crippen molar-refractivity contribution in [1.29, 1.82) is 0 Å². The molecule has 7 heteroatoms. The van der Waals surface area contributed by atoms with E-state index in [4.69, 9.17) is 0 Å². The minimum Gasteiger partial charge on any atom is -0.353 e. The molecule has 0 bridgehead atoms. The third kappa shape index (κ3) is 5.51. The van der Waals surface area contributed by atoms with Gasteiger partial charge in [0.2, 0.25) is 11.0 Å². The number of nitrogens with zero attached hydrogens (tertiary/aromatic N) is 2. The lowest BCUT2D eigenvalue weighted by Crippen LogP contribution is -2.33. The lowest BCUT2D eigenvalue weighted by Gasteiger charge is -2.10. The van der Waals surface area contributed by atoms with Crippen LogP contribution in [0.5, 0.6) is 0 Å². The highest BCUT2D eigenvalue weighted by Crippen LogP contribution is 2.28. The van der Waals surface area contributed by atoms with Crippen LogP contribution >= 0.6 is 23.1 Å². The molecule has 5 nitrogen and oxygen atoms in total. The van der Waals surface area contributed by atoms with Crippen LogP contribution in [-0.4, -0.2) is 27.9 Å². The van der Waals surface area contributed by atoms with E-state index in [1.807, 2.05) is 19.9 Å². The van der Waals surface area contributed by atoms with Gasteiger partial charge < -0.3 is 10.6 Å². The average molecular weight is 351 g/mol. The van der Waals surface area contributed by atoms with Gasteiger partial charge >= 0.3 is 0 Å². The molecular weight excluding hydrogens is 328 g/mol. The average Bonchev–Trinajstić information content (AvgIpc) is 2.96. The normalized spacial score (nSPS) is 12.0. The predicted molar refractivity (Wildman–Crippen MR) is 97.7 cm³/mol. The molecule has 0 saturated carbocycles. The summed E-state index contributed by atoms with van der Waals surface area (Å²) in [5.74, 6) is 0.394. The van der Waals surface area contributed by atoms with E-state index in [0.717, 1.165) is 21.6 Å². The Morgan fingerprint density at radius 1 is 1.30 bits per heavy atom. The van der Waals surface area contributed by atoms with Crippen LogP contribution in [0.3, 0.4) is 0 Å². The Morgan fingerprint density at radius 2 is 2.09 bits per heavy atom. The van der Waals surface area contributed by atoms with Crippen LogP contribution in [0.4, 0.5) is 10.8 Å². The molecule has 0 aliphatic carbocycles. The van der Waals surface area contributed by atoms with Crippen molar-refractivity contribution in [2.24, 2.45) is 0 Å². The molecule has 2 aromatic rings. The van der Waals surface area contributed by atoms with Crippen LogP contribution in [0, 0.1) is 13.8 Å². The van der Waals surface area contributed by atoms with E-state index in [9.17, 15) is 4.79 Å². The van der Waals surface area contributed by atoms with Crippen LogP contribution in [0.15, 0.2) is 22.5 Å². The maximum Gasteiger partial charge on any atom is 0.230 e. The van der Waals surface area contributed by atoms with E-state index in [1.54, 1.807) is 0 Å². The molecule has 0 aliphatic heterocycles. The molecule has 2 rings (SSSR count). The second-order valence-electron chi connectivity index (χ2n) is 5.46. The van der Waals surface area contributed by atoms with E-state index in [1.165, 1.54) is 34.2 Å². The van der Waals surface area contributed by atoms with Gasteiger partial charge in [-0.25, -0.2) is 0 Å². The maximum atomic E-state index is 11.8. The van der Waals surface area contributed by atoms with Crippen LogP contribution in [-0.2, 0) is 4.79 Å². The summed E-state index contributed by atoms with van der Waals surface area (Å²) in [4.78, 5) is 11.8. The zero-order valence-electron chi connectivity index (χ0n) is 13.8. The van der Waals surface area contributed by atoms with E-state index >= 15 is 0 Å². The highest BCUT2D eigenvalue weighted by molar-refractivity contribution is 8.01. The van der Waals surface area contributed by atoms with Crippen molar-refractivity contribution in [3.8, 4) is 0 Å². The second-order valence-corrected chi connectivity index (χ2v) is 7.66. The number of thioether (sulfide) groups is 1. The number of aromatic nitrogens is 2. The van der Waals surface area contributed by atoms with Gasteiger partial charge in [-0.05, 0) is 50.5 Å². The van der Waals surface area contributed by atoms with Crippen LogP contribution in [0.1, 0.15) is 31.4 Å². The van der Waals surface area contributed by atoms with Crippen molar-refractivity contribution in [3.05, 3.63) is 29.3 Å². The van der Waals surface area contributed by atoms with Gasteiger partial charge in [0.1, 0.15) is 0 Å². The van der Waals surface area contributed by atoms with Crippen molar-refractivity contribution in [2.75, 3.05) is 11.1 Å². The topological polar surface area (TPSA) is 66.9 Å². The zero-order chi connectivity index (χ0) is 16.8. The van der Waals surface area contributed by atoms with Gasteiger partial charge in [0.25, 0.3) is 0 Å². The summed E-state index contributed by atoms with van der Waals surface area (Å²) >= 11 is 2.86. The number of hydrogen-bond donors (Lipinski definition) is 2. The minimum absolute atomic E-state index is 0.0308. The number of hydrogen-bond acceptors (Lipinski definition) is 6. The quantitative estimate of drug-likeness (QED) is 0.741. The summed E-state index contributed by atoms with van der Waals surface area (Å²) in [6.07, 6.45) is 0.930. The summed E-state index contributed by atoms with van der Waals surface area (Å²) in [7, 11) is 0. The molecule has 0 spiro atoms. The van der Waals surface area contributed by atoms with Gasteiger partial charge in [0.05, 0.1) is 5.75 Å². The maximum absolute atomic E-state index is 11.8. The number of anilines is 2. The molecule has 0 radical (unpaired) electrons. The first-order valence-electron chi connectivity index (χ1n) is 7.58. The second kappa shape index (κ2) is 8.31. The third-order valence-corrected chi connectivity index (χ3v) is 5.48. The van der Waals surface area contributed by atoms with Gasteiger partial charge in [-0.3, -0.25) is 4.79 Å². The number of carbonyl (C=O) groups excluding carboxylic acids is 1. The van der Waals surface area contributed by atoms with Crippen molar-refractivity contribution in [1.82, 2.24) is 15.5 Å². The Hall–Kier alpha value is -1.60. The predicted octanol–water partition coefficient (Wildman–Crippen LogP) is 3.91. The van der Waals surface area contributed by atoms with Crippen molar-refractivity contribution in [2.45, 2.75) is 44.5 Å². The summed E-state index contributed by atoms with van der Waals surface area (Å²) in [6.45, 7) is 8.22. The van der Waals surface area contributed by atoms with Gasteiger partial charge in [-0.2, -0.15) is 0 Å². The highest BCUT2D eigenvalue weighted by Gasteiger charge is 2.10. The van der Waals surface area contributed by atoms with Gasteiger partial charge in [0.15, 0.2) is 4.34 Å². The number of benzene rings is 1. The molecule has 1 aromatic carbocycles. The Balaban J connectivity index is 1.88. The molecule has 1 aromatic heterocycles. The molecule has 1 atom stereocenters. The Labute approximate surface area is 145 Å². The van der Waals surface area contributed by atoms with Crippen LogP contribution in [0.2, 0.25) is 0 Å². The smallest absolute Gasteiger partial charge is 0.230 e. The molecule has 0 fully saturated rings. The summed E-state index contributed by atoms with van der Waals surface area (Å²) in [5, 5.41) is 15.2. The summed E-state index contributed by atoms with van der Waals surface area (Å²) in [5.41, 5.74) is 3.49. The highest BCUT2D eigenvalue weighted by atomic mass is 32.2. The molecule has 1 heterocycles. The molecule has 0 unspecified atom stereocenters. The standard InChI is InChI=1S/C16H22N4OS2/c1-5-12(4)17-14(21)9-22-16-20-19-15(23-16)18-13-7-6-10(2)11(3)8-13/h6-8,12H,5,9H2,1-4H3,(H,17,21)(H,18,19)/t12-/m1/s1. The lowest BCUT2D eigenvalue weighted by molar-refractivity contribution is -0.119. The summed E-state index contributed by atoms with van der Waals surface area (Å²) < 4.78 is 0.788. The Bertz CT molecular complexity index is 672.